The van der Waals surface area contributed by atoms with Crippen LogP contribution in [0.2, 0.25) is 0 Å². The van der Waals surface area contributed by atoms with Gasteiger partial charge in [0.25, 0.3) is 0 Å². The first-order chi connectivity index (χ1) is 8.24. The first-order valence-electron chi connectivity index (χ1n) is 6.29. The molecular weight excluding hydrogens is 307 g/mol. The molecule has 0 aromatic carbocycles. The monoisotopic (exact) mass is 335 g/mol. The minimum Gasteiger partial charge on any atom is -0.396 e. The second kappa shape index (κ2) is 36.0. The zero-order chi connectivity index (χ0) is 13.8. The Morgan fingerprint density at radius 3 is 1.28 bits per heavy atom. The third kappa shape index (κ3) is 55.5. The molecule has 18 heavy (non-hydrogen) atoms. The molecule has 1 aliphatic rings. The molecule has 0 unspecified atom stereocenters. The van der Waals surface area contributed by atoms with Gasteiger partial charge in [0.05, 0.1) is 0 Å². The smallest absolute Gasteiger partial charge is 0.0428 e. The molecule has 0 amide bonds. The summed E-state index contributed by atoms with van der Waals surface area (Å²) in [5, 5.41) is 23.6. The Balaban J connectivity index is -0.0000000719. The van der Waals surface area contributed by atoms with E-state index in [1.165, 1.54) is 0 Å². The minimum atomic E-state index is 0. The number of aliphatic hydroxyl groups is 3. The minimum absolute atomic E-state index is 0. The summed E-state index contributed by atoms with van der Waals surface area (Å²) in [6, 6.07) is 0. The summed E-state index contributed by atoms with van der Waals surface area (Å²) in [6.07, 6.45) is 12.6. The fraction of sp³-hybridized carbons (Fsp3) is 0.714. The molecule has 0 atom stereocenters. The number of allylic oxidation sites excluding steroid dienone is 4. The van der Waals surface area contributed by atoms with E-state index in [2.05, 4.69) is 12.2 Å². The largest absolute Gasteiger partial charge is 0.396 e. The van der Waals surface area contributed by atoms with E-state index in [1.807, 2.05) is 32.9 Å². The van der Waals surface area contributed by atoms with Crippen molar-refractivity contribution in [1.82, 2.24) is 0 Å². The molecule has 0 aromatic heterocycles. The Morgan fingerprint density at radius 1 is 0.889 bits per heavy atom. The maximum atomic E-state index is 7.88. The van der Waals surface area contributed by atoms with Crippen LogP contribution in [0.1, 0.15) is 46.5 Å². The van der Waals surface area contributed by atoms with Gasteiger partial charge in [0.2, 0.25) is 0 Å². The van der Waals surface area contributed by atoms with E-state index in [0.717, 1.165) is 25.7 Å². The summed E-state index contributed by atoms with van der Waals surface area (Å²) in [5.74, 6) is 0. The number of hydrogen-bond donors (Lipinski definition) is 3. The first-order valence-corrected chi connectivity index (χ1v) is 6.29. The fourth-order valence-corrected chi connectivity index (χ4v) is 0.340. The molecule has 3 nitrogen and oxygen atoms in total. The molecule has 0 saturated carbocycles. The van der Waals surface area contributed by atoms with Gasteiger partial charge < -0.3 is 15.3 Å². The van der Waals surface area contributed by atoms with Gasteiger partial charge in [0.1, 0.15) is 0 Å². The average Bonchev–Trinajstić information content (AvgIpc) is 2.98. The molecule has 1 rings (SSSR count). The molecule has 0 aliphatic heterocycles. The van der Waals surface area contributed by atoms with Crippen molar-refractivity contribution >= 4 is 0 Å². The third-order valence-electron chi connectivity index (χ3n) is 1.26. The summed E-state index contributed by atoms with van der Waals surface area (Å²) < 4.78 is 0. The Bertz CT molecular complexity index is 122. The summed E-state index contributed by atoms with van der Waals surface area (Å²) in [4.78, 5) is 0. The van der Waals surface area contributed by atoms with Gasteiger partial charge in [0.15, 0.2) is 0 Å². The second-order valence-electron chi connectivity index (χ2n) is 3.17. The van der Waals surface area contributed by atoms with Crippen molar-refractivity contribution in [2.75, 3.05) is 19.8 Å². The average molecular weight is 337 g/mol. The van der Waals surface area contributed by atoms with Gasteiger partial charge in [-0.15, -0.1) is 6.42 Å². The number of rotatable bonds is 3. The van der Waals surface area contributed by atoms with Gasteiger partial charge in [-0.05, 0) is 19.3 Å². The maximum Gasteiger partial charge on any atom is 0.0428 e. The van der Waals surface area contributed by atoms with Gasteiger partial charge >= 0.3 is 0 Å². The van der Waals surface area contributed by atoms with Crippen LogP contribution in [-0.2, 0) is 26.2 Å². The van der Waals surface area contributed by atoms with Crippen molar-refractivity contribution in [2.24, 2.45) is 0 Å². The van der Waals surface area contributed by atoms with Gasteiger partial charge in [-0.3, -0.25) is 6.08 Å². The van der Waals surface area contributed by atoms with Crippen LogP contribution in [0.3, 0.4) is 0 Å². The van der Waals surface area contributed by atoms with Crippen LogP contribution in [0.15, 0.2) is 18.2 Å². The first kappa shape index (κ1) is 26.7. The summed E-state index contributed by atoms with van der Waals surface area (Å²) in [5.41, 5.74) is 0. The summed E-state index contributed by atoms with van der Waals surface area (Å²) in [7, 11) is 0. The van der Waals surface area contributed by atoms with Crippen molar-refractivity contribution in [3.63, 3.8) is 0 Å². The predicted octanol–water partition coefficient (Wildman–Crippen LogP) is 2.47. The van der Waals surface area contributed by atoms with Crippen LogP contribution >= 0.6 is 0 Å². The quantitative estimate of drug-likeness (QED) is 0.694. The van der Waals surface area contributed by atoms with Crippen molar-refractivity contribution in [3.05, 3.63) is 24.3 Å². The molecule has 0 aromatic rings. The van der Waals surface area contributed by atoms with Crippen molar-refractivity contribution in [1.29, 1.82) is 0 Å². The molecule has 0 bridgehead atoms. The Kier molecular flexibility index (Phi) is 53.5. The maximum absolute atomic E-state index is 7.88. The zero-order valence-corrected chi connectivity index (χ0v) is 14.5. The Morgan fingerprint density at radius 2 is 1.22 bits per heavy atom. The Hall–Kier alpha value is 0.243. The second-order valence-corrected chi connectivity index (χ2v) is 3.17. The fourth-order valence-electron chi connectivity index (χ4n) is 0.340. The SMILES string of the molecule is CCCO.CCCO.CCCO.[C-]1=CC=CC1.[Zr]. The van der Waals surface area contributed by atoms with Crippen LogP contribution < -0.4 is 0 Å². The summed E-state index contributed by atoms with van der Waals surface area (Å²) in [6.45, 7) is 6.75. The molecule has 4 heteroatoms. The van der Waals surface area contributed by atoms with E-state index in [0.29, 0.717) is 19.8 Å². The third-order valence-corrected chi connectivity index (χ3v) is 1.26. The molecule has 3 N–H and O–H groups in total. The topological polar surface area (TPSA) is 60.7 Å². The van der Waals surface area contributed by atoms with Gasteiger partial charge in [-0.2, -0.15) is 6.08 Å². The normalized spacial score (nSPS) is 9.89. The van der Waals surface area contributed by atoms with E-state index >= 15 is 0 Å². The van der Waals surface area contributed by atoms with Crippen LogP contribution in [0, 0.1) is 6.08 Å². The molecule has 0 heterocycles. The van der Waals surface area contributed by atoms with Crippen LogP contribution in [0.4, 0.5) is 0 Å². The van der Waals surface area contributed by atoms with Crippen LogP contribution in [0.25, 0.3) is 0 Å². The van der Waals surface area contributed by atoms with E-state index in [4.69, 9.17) is 15.3 Å². The molecule has 0 fully saturated rings. The van der Waals surface area contributed by atoms with Crippen molar-refractivity contribution < 1.29 is 41.5 Å². The molecule has 1 aliphatic carbocycles. The van der Waals surface area contributed by atoms with Gasteiger partial charge in [0, 0.05) is 46.0 Å². The molecule has 0 radical (unpaired) electrons. The summed E-state index contributed by atoms with van der Waals surface area (Å²) >= 11 is 0. The Labute approximate surface area is 132 Å². The number of hydrogen-bond acceptors (Lipinski definition) is 3. The molecule has 0 spiro atoms. The van der Waals surface area contributed by atoms with E-state index in [-0.39, 0.29) is 26.2 Å². The van der Waals surface area contributed by atoms with Crippen molar-refractivity contribution in [2.45, 2.75) is 46.5 Å². The van der Waals surface area contributed by atoms with Gasteiger partial charge in [-0.25, -0.2) is 12.2 Å². The zero-order valence-electron chi connectivity index (χ0n) is 12.0. The molecular formula is C14H29O3Zr-. The van der Waals surface area contributed by atoms with Gasteiger partial charge in [-0.1, -0.05) is 20.8 Å². The van der Waals surface area contributed by atoms with Crippen LogP contribution in [-0.4, -0.2) is 35.1 Å². The molecule has 108 valence electrons. The van der Waals surface area contributed by atoms with E-state index in [1.54, 1.807) is 0 Å². The van der Waals surface area contributed by atoms with E-state index in [9.17, 15) is 0 Å². The van der Waals surface area contributed by atoms with E-state index < -0.39 is 0 Å². The number of aliphatic hydroxyl groups excluding tert-OH is 3. The van der Waals surface area contributed by atoms with Crippen LogP contribution in [0.5, 0.6) is 0 Å². The standard InChI is InChI=1S/C5H5.3C3H8O.Zr/c1-2-4-5-3-1;3*1-2-3-4;/h1-3H,4H2;3*4H,2-3H2,1H3;/q-1;;;;. The predicted molar refractivity (Wildman–Crippen MR) is 73.7 cm³/mol. The van der Waals surface area contributed by atoms with Crippen molar-refractivity contribution in [3.8, 4) is 0 Å². The molecule has 0 saturated heterocycles.